The highest BCUT2D eigenvalue weighted by atomic mass is 14.9. The lowest BCUT2D eigenvalue weighted by molar-refractivity contribution is -0.660. The number of aryl methyl sites for hydroxylation is 16. The van der Waals surface area contributed by atoms with Crippen LogP contribution < -0.4 is 18.3 Å². The summed E-state index contributed by atoms with van der Waals surface area (Å²) < 4.78 is 9.34. The van der Waals surface area contributed by atoms with Crippen molar-refractivity contribution in [2.75, 3.05) is 0 Å². The summed E-state index contributed by atoms with van der Waals surface area (Å²) in [5, 5.41) is 0. The molecule has 0 N–H and O–H groups in total. The predicted octanol–water partition coefficient (Wildman–Crippen LogP) is 33.8. The van der Waals surface area contributed by atoms with Crippen molar-refractivity contribution in [3.05, 3.63) is 304 Å². The molecular weight excluding hydrogens is 1670 g/mol. The van der Waals surface area contributed by atoms with Gasteiger partial charge in [0, 0.05) is 46.5 Å². The van der Waals surface area contributed by atoms with Gasteiger partial charge in [-0.1, -0.05) is 193 Å². The van der Waals surface area contributed by atoms with E-state index in [2.05, 4.69) is 314 Å². The van der Waals surface area contributed by atoms with E-state index in [0.717, 1.165) is 43.4 Å². The molecule has 8 aromatic carbocycles. The molecule has 0 unspecified atom stereocenters. The molecule has 4 aromatic heterocycles. The van der Waals surface area contributed by atoms with Crippen LogP contribution in [0.5, 0.6) is 0 Å². The van der Waals surface area contributed by atoms with E-state index in [4.69, 9.17) is 0 Å². The maximum atomic E-state index is 2.59. The van der Waals surface area contributed by atoms with Crippen molar-refractivity contribution in [3.8, 4) is 89.5 Å². The van der Waals surface area contributed by atoms with Crippen molar-refractivity contribution in [1.29, 1.82) is 0 Å². The first-order chi connectivity index (χ1) is 66.5. The quantitative estimate of drug-likeness (QED) is 0.135. The van der Waals surface area contributed by atoms with Gasteiger partial charge in [0.1, 0.15) is 28.2 Å². The Bertz CT molecular complexity index is 6670. The van der Waals surface area contributed by atoms with E-state index >= 15 is 0 Å². The maximum absolute atomic E-state index is 2.59. The van der Waals surface area contributed by atoms with Crippen LogP contribution in [0.4, 0.5) is 0 Å². The molecule has 24 rings (SSSR count). The van der Waals surface area contributed by atoms with E-state index in [-0.39, 0.29) is 0 Å². The highest BCUT2D eigenvalue weighted by Gasteiger charge is 2.46. The molecule has 12 aliphatic carbocycles. The second kappa shape index (κ2) is 38.0. The van der Waals surface area contributed by atoms with Crippen LogP contribution in [-0.2, 0) is 53.9 Å². The van der Waals surface area contributed by atoms with Gasteiger partial charge in [-0.15, -0.1) is 0 Å². The smallest absolute Gasteiger partial charge is 0.201 e. The Morgan fingerprint density at radius 3 is 1.04 bits per heavy atom. The highest BCUT2D eigenvalue weighted by molar-refractivity contribution is 5.91. The van der Waals surface area contributed by atoms with Crippen LogP contribution in [0.25, 0.3) is 89.5 Å². The SMILES string of the molecule is Cc1cc(-c2c(C)cc(C3CCC4(CCCCC4)CC3)c3c2Cc2ccccc2-3)[n+](C)cc1C.Cc1cc(-c2c(C)ccc3c2Cc2c-3cccc2C2CCC3(CC2)CCC(C)(C)CC3)[n+](C)cc1C.Cc1cc(-c2c(C)ccc3c2Cc2ccc(C4CCC5(CCCCC5)CC4)cc2-3)[n+](C)cc1C.Cc1cc(-c2c(C)ccc3c2Cc2cccc(C4CCC5(CCCCC5)CC4)c2-3)[n+](C)cc1C. The Morgan fingerprint density at radius 2 is 0.565 bits per heavy atom. The zero-order valence-corrected chi connectivity index (χ0v) is 88.3. The van der Waals surface area contributed by atoms with Crippen LogP contribution in [0.2, 0.25) is 0 Å². The molecule has 4 heterocycles. The lowest BCUT2D eigenvalue weighted by Gasteiger charge is -2.47. The number of pyridine rings is 4. The Kier molecular flexibility index (Phi) is 26.0. The summed E-state index contributed by atoms with van der Waals surface area (Å²) in [6.07, 6.45) is 64.0. The van der Waals surface area contributed by atoms with Gasteiger partial charge in [-0.3, -0.25) is 0 Å². The molecule has 0 radical (unpaired) electrons. The zero-order valence-electron chi connectivity index (χ0n) is 88.3. The summed E-state index contributed by atoms with van der Waals surface area (Å²) in [6.45, 7) is 32.0. The van der Waals surface area contributed by atoms with E-state index < -0.39 is 0 Å². The monoisotopic (exact) mass is 1830 g/mol. The van der Waals surface area contributed by atoms with Crippen molar-refractivity contribution in [1.82, 2.24) is 0 Å². The normalized spacial score (nSPS) is 19.6. The van der Waals surface area contributed by atoms with Crippen molar-refractivity contribution >= 4 is 0 Å². The van der Waals surface area contributed by atoms with Gasteiger partial charge in [0.2, 0.25) is 22.8 Å². The summed E-state index contributed by atoms with van der Waals surface area (Å²) in [6, 6.07) is 57.6. The van der Waals surface area contributed by atoms with Gasteiger partial charge in [-0.25, -0.2) is 18.3 Å². The van der Waals surface area contributed by atoms with Gasteiger partial charge >= 0.3 is 0 Å². The Morgan fingerprint density at radius 1 is 0.217 bits per heavy atom. The summed E-state index contributed by atoms with van der Waals surface area (Å²) >= 11 is 0. The number of nitrogens with zero attached hydrogens (tertiary/aromatic N) is 4. The fourth-order valence-electron chi connectivity index (χ4n) is 30.6. The summed E-state index contributed by atoms with van der Waals surface area (Å²) in [7, 11) is 8.83. The summed E-state index contributed by atoms with van der Waals surface area (Å²) in [5.74, 6) is 2.94. The van der Waals surface area contributed by atoms with Crippen molar-refractivity contribution in [2.24, 2.45) is 55.3 Å². The average molecular weight is 1830 g/mol. The van der Waals surface area contributed by atoms with Gasteiger partial charge in [-0.05, 0) is 482 Å². The van der Waals surface area contributed by atoms with Crippen LogP contribution >= 0.6 is 0 Å². The fourth-order valence-corrected chi connectivity index (χ4v) is 30.6. The average Bonchev–Trinajstić information content (AvgIpc) is 1.56. The number of rotatable bonds is 8. The Labute approximate surface area is 832 Å². The molecule has 0 amide bonds. The molecule has 0 atom stereocenters. The molecule has 12 aliphatic rings. The van der Waals surface area contributed by atoms with E-state index in [1.807, 2.05) is 0 Å². The zero-order chi connectivity index (χ0) is 95.6. The first-order valence-electron chi connectivity index (χ1n) is 55.4. The standard InChI is InChI=1S/C35H44N.3C33H40N/c1-23-10-11-29-28-9-7-8-27(26-12-14-35(15-13-26)18-16-34(4,5)17-19-35)30(28)21-31(29)33(23)32-20-24(2)25(3)22-36(32)6;1-22-19-30(34(4)21-24(22)3)31-23(2)18-28(32-27-11-7-6-10-26(27)20-29(31)32)25-12-16-33(17-13-25)14-8-5-9-15-33;1-22-8-11-28-29-19-26(25-12-16-33(17-13-25)14-6-5-7-15-33)9-10-27(29)20-30(28)32(22)31-18-23(2)24(3)21-34(31)4;1-22-11-12-28-29(31(22)30-19-23(2)24(3)21-34(30)4)20-26-9-8-10-27(32(26)28)25-13-17-33(18-14-25)15-6-5-7-16-33/h7-11,20,22,26H,12-19,21H2,1-6H3;6-7,10-11,18-19,21,25H,5,8-9,12-17,20H2,1-4H3;8-11,18-19,21,25H,5-7,12-17,20H2,1-4H3;8-12,19,21,25H,5-7,13-18,20H2,1-4H3/q4*+1. The second-order valence-corrected chi connectivity index (χ2v) is 48.9. The minimum absolute atomic E-state index is 0.566. The van der Waals surface area contributed by atoms with Gasteiger partial charge < -0.3 is 0 Å². The van der Waals surface area contributed by atoms with E-state index in [0.29, 0.717) is 33.0 Å². The minimum Gasteiger partial charge on any atom is -0.201 e. The molecule has 8 fully saturated rings. The lowest BCUT2D eigenvalue weighted by Crippen LogP contribution is -2.34. The largest absolute Gasteiger partial charge is 0.213 e. The first-order valence-corrected chi connectivity index (χ1v) is 55.4. The molecular formula is C134H164N4+4. The van der Waals surface area contributed by atoms with Crippen molar-refractivity contribution in [2.45, 2.75) is 371 Å². The van der Waals surface area contributed by atoms with Crippen LogP contribution in [0.3, 0.4) is 0 Å². The van der Waals surface area contributed by atoms with Gasteiger partial charge in [0.05, 0.1) is 22.3 Å². The number of hydrogen-bond acceptors (Lipinski definition) is 0. The molecule has 12 aromatic rings. The van der Waals surface area contributed by atoms with Crippen LogP contribution in [-0.4, -0.2) is 0 Å². The molecule has 138 heavy (non-hydrogen) atoms. The van der Waals surface area contributed by atoms with Crippen LogP contribution in [0.15, 0.2) is 170 Å². The number of benzene rings is 8. The number of hydrogen-bond donors (Lipinski definition) is 0. The molecule has 4 spiro atoms. The third-order valence-corrected chi connectivity index (χ3v) is 39.7. The highest BCUT2D eigenvalue weighted by Crippen LogP contribution is 2.61. The van der Waals surface area contributed by atoms with Crippen molar-refractivity contribution < 1.29 is 18.3 Å². The Balaban J connectivity index is 0.000000110. The Hall–Kier alpha value is -9.64. The molecule has 4 nitrogen and oxygen atoms in total. The third-order valence-electron chi connectivity index (χ3n) is 39.7. The summed E-state index contributed by atoms with van der Waals surface area (Å²) in [4.78, 5) is 0. The molecule has 716 valence electrons. The topological polar surface area (TPSA) is 15.5 Å². The second-order valence-electron chi connectivity index (χ2n) is 48.9. The lowest BCUT2D eigenvalue weighted by atomic mass is 9.58. The molecule has 0 saturated heterocycles. The van der Waals surface area contributed by atoms with E-state index in [9.17, 15) is 0 Å². The van der Waals surface area contributed by atoms with Crippen LogP contribution in [0.1, 0.15) is 396 Å². The predicted molar refractivity (Wildman–Crippen MR) is 578 cm³/mol. The molecule has 8 saturated carbocycles. The van der Waals surface area contributed by atoms with Gasteiger partial charge in [-0.2, -0.15) is 0 Å². The van der Waals surface area contributed by atoms with Gasteiger partial charge in [0.25, 0.3) is 0 Å². The van der Waals surface area contributed by atoms with Gasteiger partial charge in [0.15, 0.2) is 24.8 Å². The number of fused-ring (bicyclic) bond motifs is 12. The fraction of sp³-hybridized carbons (Fsp3) is 0.493. The molecule has 4 heteroatoms. The van der Waals surface area contributed by atoms with Crippen molar-refractivity contribution in [3.63, 3.8) is 0 Å². The summed E-state index contributed by atoms with van der Waals surface area (Å²) in [5.41, 5.74) is 62.1. The molecule has 0 aliphatic heterocycles. The van der Waals surface area contributed by atoms with E-state index in [1.54, 1.807) is 55.6 Å². The third kappa shape index (κ3) is 17.9. The first kappa shape index (κ1) is 94.6. The number of aromatic nitrogens is 4. The minimum atomic E-state index is 0.566. The van der Waals surface area contributed by atoms with E-state index in [1.165, 1.54) is 392 Å². The maximum Gasteiger partial charge on any atom is 0.213 e. The molecule has 0 bridgehead atoms. The van der Waals surface area contributed by atoms with Crippen LogP contribution in [0, 0.1) is 110 Å².